The molecule has 0 saturated carbocycles. The minimum atomic E-state index is -4.70. The predicted octanol–water partition coefficient (Wildman–Crippen LogP) is 3.14. The van der Waals surface area contributed by atoms with E-state index in [2.05, 4.69) is 4.74 Å². The molecule has 0 radical (unpaired) electrons. The van der Waals surface area contributed by atoms with Crippen molar-refractivity contribution in [2.75, 3.05) is 21.2 Å². The van der Waals surface area contributed by atoms with Gasteiger partial charge in [0.25, 0.3) is 0 Å². The van der Waals surface area contributed by atoms with Crippen LogP contribution < -0.4 is 4.74 Å². The second-order valence-corrected chi connectivity index (χ2v) is 3.92. The van der Waals surface area contributed by atoms with E-state index in [-0.39, 0.29) is 0 Å². The molecular formula is C11H12F5NO. The number of alkyl halides is 3. The molecule has 0 heterocycles. The minimum absolute atomic E-state index is 0.434. The minimum Gasteiger partial charge on any atom is -0.494 e. The Kier molecular flexibility index (Phi) is 4.16. The van der Waals surface area contributed by atoms with Gasteiger partial charge in [-0.15, -0.1) is 0 Å². The third-order valence-electron chi connectivity index (χ3n) is 2.39. The number of hydrogen-bond donors (Lipinski definition) is 0. The Hall–Kier alpha value is -1.37. The van der Waals surface area contributed by atoms with Gasteiger partial charge >= 0.3 is 6.18 Å². The van der Waals surface area contributed by atoms with Crippen LogP contribution in [0.15, 0.2) is 12.1 Å². The molecule has 1 atom stereocenters. The first kappa shape index (κ1) is 14.7. The maximum atomic E-state index is 13.6. The highest BCUT2D eigenvalue weighted by Crippen LogP contribution is 2.38. The van der Waals surface area contributed by atoms with Gasteiger partial charge in [0.15, 0.2) is 11.6 Å². The topological polar surface area (TPSA) is 12.5 Å². The van der Waals surface area contributed by atoms with Crippen LogP contribution in [0.2, 0.25) is 0 Å². The lowest BCUT2D eigenvalue weighted by atomic mass is 10.0. The van der Waals surface area contributed by atoms with Crippen LogP contribution in [0.1, 0.15) is 11.6 Å². The van der Waals surface area contributed by atoms with Crippen LogP contribution in [0.25, 0.3) is 0 Å². The first-order chi connectivity index (χ1) is 8.18. The summed E-state index contributed by atoms with van der Waals surface area (Å²) in [6.07, 6.45) is -4.70. The summed E-state index contributed by atoms with van der Waals surface area (Å²) in [5.74, 6) is -2.63. The Bertz CT molecular complexity index is 430. The maximum absolute atomic E-state index is 13.6. The molecule has 1 aromatic rings. The SMILES string of the molecule is COc1cc(F)c(C(N(C)C)C(F)(F)F)cc1F. The van der Waals surface area contributed by atoms with E-state index in [4.69, 9.17) is 0 Å². The van der Waals surface area contributed by atoms with E-state index in [1.807, 2.05) is 0 Å². The van der Waals surface area contributed by atoms with E-state index in [1.165, 1.54) is 0 Å². The molecule has 0 aliphatic heterocycles. The lowest BCUT2D eigenvalue weighted by Gasteiger charge is -2.27. The van der Waals surface area contributed by atoms with Crippen molar-refractivity contribution < 1.29 is 26.7 Å². The van der Waals surface area contributed by atoms with Crippen molar-refractivity contribution in [3.8, 4) is 5.75 Å². The van der Waals surface area contributed by atoms with Crippen LogP contribution >= 0.6 is 0 Å². The molecule has 18 heavy (non-hydrogen) atoms. The smallest absolute Gasteiger partial charge is 0.408 e. The summed E-state index contributed by atoms with van der Waals surface area (Å²) in [4.78, 5) is 0.768. The number of halogens is 5. The van der Waals surface area contributed by atoms with Crippen molar-refractivity contribution in [2.24, 2.45) is 0 Å². The van der Waals surface area contributed by atoms with Gasteiger partial charge in [-0.1, -0.05) is 0 Å². The Labute approximate surface area is 101 Å². The Morgan fingerprint density at radius 1 is 1.11 bits per heavy atom. The third-order valence-corrected chi connectivity index (χ3v) is 2.39. The van der Waals surface area contributed by atoms with E-state index in [1.54, 1.807) is 0 Å². The zero-order valence-electron chi connectivity index (χ0n) is 9.98. The second-order valence-electron chi connectivity index (χ2n) is 3.92. The molecule has 0 spiro atoms. The summed E-state index contributed by atoms with van der Waals surface area (Å²) in [5, 5.41) is 0. The summed E-state index contributed by atoms with van der Waals surface area (Å²) in [5.41, 5.74) is -0.772. The molecule has 0 saturated heterocycles. The molecule has 1 unspecified atom stereocenters. The zero-order valence-corrected chi connectivity index (χ0v) is 9.98. The highest BCUT2D eigenvalue weighted by atomic mass is 19.4. The molecular weight excluding hydrogens is 257 g/mol. The van der Waals surface area contributed by atoms with E-state index < -0.39 is 35.2 Å². The van der Waals surface area contributed by atoms with Crippen molar-refractivity contribution >= 4 is 0 Å². The van der Waals surface area contributed by atoms with Gasteiger partial charge in [-0.25, -0.2) is 8.78 Å². The van der Waals surface area contributed by atoms with Gasteiger partial charge in [0.1, 0.15) is 11.9 Å². The van der Waals surface area contributed by atoms with Gasteiger partial charge in [0, 0.05) is 11.6 Å². The summed E-state index contributed by atoms with van der Waals surface area (Å²) >= 11 is 0. The Morgan fingerprint density at radius 2 is 1.67 bits per heavy atom. The molecule has 0 bridgehead atoms. The van der Waals surface area contributed by atoms with Crippen LogP contribution in [-0.4, -0.2) is 32.3 Å². The number of ether oxygens (including phenoxy) is 1. The first-order valence-corrected chi connectivity index (χ1v) is 4.94. The van der Waals surface area contributed by atoms with Crippen molar-refractivity contribution in [1.29, 1.82) is 0 Å². The zero-order chi connectivity index (χ0) is 14.1. The fraction of sp³-hybridized carbons (Fsp3) is 0.455. The molecule has 7 heteroatoms. The molecule has 1 aromatic carbocycles. The van der Waals surface area contributed by atoms with E-state index in [0.29, 0.717) is 12.1 Å². The van der Waals surface area contributed by atoms with Gasteiger partial charge in [-0.3, -0.25) is 4.90 Å². The quantitative estimate of drug-likeness (QED) is 0.782. The Balaban J connectivity index is 3.34. The van der Waals surface area contributed by atoms with Crippen molar-refractivity contribution in [3.05, 3.63) is 29.3 Å². The lowest BCUT2D eigenvalue weighted by molar-refractivity contribution is -0.180. The first-order valence-electron chi connectivity index (χ1n) is 4.94. The van der Waals surface area contributed by atoms with E-state index in [9.17, 15) is 22.0 Å². The largest absolute Gasteiger partial charge is 0.494 e. The molecule has 102 valence electrons. The Morgan fingerprint density at radius 3 is 2.06 bits per heavy atom. The lowest BCUT2D eigenvalue weighted by Crippen LogP contribution is -2.34. The van der Waals surface area contributed by atoms with E-state index >= 15 is 0 Å². The second kappa shape index (κ2) is 5.09. The number of methoxy groups -OCH3 is 1. The summed E-state index contributed by atoms with van der Waals surface area (Å²) in [6, 6.07) is -1.10. The number of hydrogen-bond acceptors (Lipinski definition) is 2. The molecule has 0 N–H and O–H groups in total. The average Bonchev–Trinajstić information content (AvgIpc) is 2.20. The number of benzene rings is 1. The van der Waals surface area contributed by atoms with Gasteiger partial charge in [0.05, 0.1) is 7.11 Å². The molecule has 0 fully saturated rings. The van der Waals surface area contributed by atoms with Crippen LogP contribution in [0.4, 0.5) is 22.0 Å². The summed E-state index contributed by atoms with van der Waals surface area (Å²) < 4.78 is 69.8. The van der Waals surface area contributed by atoms with E-state index in [0.717, 1.165) is 26.1 Å². The highest BCUT2D eigenvalue weighted by Gasteiger charge is 2.44. The van der Waals surface area contributed by atoms with Gasteiger partial charge in [-0.05, 0) is 20.2 Å². The molecule has 0 aliphatic rings. The third kappa shape index (κ3) is 2.90. The van der Waals surface area contributed by atoms with Crippen LogP contribution in [0.3, 0.4) is 0 Å². The highest BCUT2D eigenvalue weighted by molar-refractivity contribution is 5.33. The maximum Gasteiger partial charge on any atom is 0.408 e. The summed E-state index contributed by atoms with van der Waals surface area (Å²) in [7, 11) is 3.38. The molecule has 0 aliphatic carbocycles. The van der Waals surface area contributed by atoms with Crippen molar-refractivity contribution in [2.45, 2.75) is 12.2 Å². The molecule has 0 aromatic heterocycles. The molecule has 1 rings (SSSR count). The summed E-state index contributed by atoms with van der Waals surface area (Å²) in [6.45, 7) is 0. The van der Waals surface area contributed by atoms with Gasteiger partial charge in [0.2, 0.25) is 0 Å². The van der Waals surface area contributed by atoms with Crippen LogP contribution in [0, 0.1) is 11.6 Å². The van der Waals surface area contributed by atoms with Crippen molar-refractivity contribution in [1.82, 2.24) is 4.90 Å². The fourth-order valence-electron chi connectivity index (χ4n) is 1.66. The van der Waals surface area contributed by atoms with Crippen LogP contribution in [0.5, 0.6) is 5.75 Å². The van der Waals surface area contributed by atoms with Crippen LogP contribution in [-0.2, 0) is 0 Å². The molecule has 2 nitrogen and oxygen atoms in total. The predicted molar refractivity (Wildman–Crippen MR) is 55.4 cm³/mol. The number of rotatable bonds is 3. The fourth-order valence-corrected chi connectivity index (χ4v) is 1.66. The standard InChI is InChI=1S/C11H12F5NO/c1-17(2)10(11(14,15)16)6-4-8(13)9(18-3)5-7(6)12/h4-5,10H,1-3H3. The average molecular weight is 269 g/mol. The molecule has 0 amide bonds. The van der Waals surface area contributed by atoms with Gasteiger partial charge < -0.3 is 4.74 Å². The normalized spacial score (nSPS) is 13.8. The van der Waals surface area contributed by atoms with Crippen molar-refractivity contribution in [3.63, 3.8) is 0 Å². The monoisotopic (exact) mass is 269 g/mol. The van der Waals surface area contributed by atoms with Gasteiger partial charge in [-0.2, -0.15) is 13.2 Å². The number of nitrogens with zero attached hydrogens (tertiary/aromatic N) is 1.